The van der Waals surface area contributed by atoms with Gasteiger partial charge in [-0.3, -0.25) is 9.69 Å². The van der Waals surface area contributed by atoms with Crippen LogP contribution in [0.4, 0.5) is 0 Å². The fourth-order valence-corrected chi connectivity index (χ4v) is 6.68. The summed E-state index contributed by atoms with van der Waals surface area (Å²) in [5.41, 5.74) is 2.63. The zero-order valence-electron chi connectivity index (χ0n) is 15.6. The second-order valence-corrected chi connectivity index (χ2v) is 9.87. The van der Waals surface area contributed by atoms with Crippen LogP contribution in [0.1, 0.15) is 43.2 Å². The minimum absolute atomic E-state index is 0.100. The zero-order chi connectivity index (χ0) is 18.2. The Labute approximate surface area is 168 Å². The number of hydrogen-bond donors (Lipinski definition) is 0. The van der Waals surface area contributed by atoms with Crippen LogP contribution in [-0.2, 0) is 16.6 Å². The molecule has 2 saturated carbocycles. The largest absolute Gasteiger partial charge is 0.489 e. The van der Waals surface area contributed by atoms with Crippen molar-refractivity contribution in [2.75, 3.05) is 25.0 Å². The van der Waals surface area contributed by atoms with E-state index in [1.54, 1.807) is 0 Å². The molecule has 2 heterocycles. The average Bonchev–Trinajstić information content (AvgIpc) is 3.42. The molecule has 5 heteroatoms. The first-order valence-corrected chi connectivity index (χ1v) is 11.6. The number of alkyl halides is 1. The van der Waals surface area contributed by atoms with Crippen LogP contribution in [0.3, 0.4) is 0 Å². The van der Waals surface area contributed by atoms with Crippen LogP contribution < -0.4 is 9.47 Å². The summed E-state index contributed by atoms with van der Waals surface area (Å²) >= 11 is 3.44. The minimum Gasteiger partial charge on any atom is -0.489 e. The van der Waals surface area contributed by atoms with E-state index in [1.807, 2.05) is 0 Å². The monoisotopic (exact) mass is 431 g/mol. The molecule has 2 aliphatic heterocycles. The molecule has 0 amide bonds. The van der Waals surface area contributed by atoms with Crippen molar-refractivity contribution in [3.05, 3.63) is 23.3 Å². The number of carbonyl (C=O) groups excluding carboxylic acids is 1. The maximum absolute atomic E-state index is 12.9. The zero-order valence-corrected chi connectivity index (χ0v) is 17.2. The molecule has 4 atom stereocenters. The molecule has 2 bridgehead atoms. The topological polar surface area (TPSA) is 38.8 Å². The molecular weight excluding hydrogens is 406 g/mol. The smallest absolute Gasteiger partial charge is 0.174 e. The first-order valence-electron chi connectivity index (χ1n) is 10.5. The van der Waals surface area contributed by atoms with Gasteiger partial charge in [-0.15, -0.1) is 0 Å². The number of nitrogens with zero attached hydrogens (tertiary/aromatic N) is 1. The number of ether oxygens (including phenoxy) is 2. The van der Waals surface area contributed by atoms with Crippen LogP contribution in [0.25, 0.3) is 0 Å². The molecule has 27 heavy (non-hydrogen) atoms. The van der Waals surface area contributed by atoms with Gasteiger partial charge in [0.1, 0.15) is 0 Å². The molecule has 0 N–H and O–H groups in total. The Hall–Kier alpha value is -1.07. The van der Waals surface area contributed by atoms with E-state index in [0.717, 1.165) is 48.6 Å². The summed E-state index contributed by atoms with van der Waals surface area (Å²) < 4.78 is 12.4. The first-order chi connectivity index (χ1) is 13.2. The predicted molar refractivity (Wildman–Crippen MR) is 106 cm³/mol. The standard InChI is InChI=1S/C22H26BrNO3/c23-8-10-26-18-6-3-14-11-16-15-4-5-17(25)21-22(15,19(14)20(18)27-21)7-9-24(16)12-13-1-2-13/h3,6,13,15-16,21H,1-2,4-5,7-12H2/t15?,16-,21+,22+/m1/s1. The highest BCUT2D eigenvalue weighted by Gasteiger charge is 2.66. The third-order valence-electron chi connectivity index (χ3n) is 7.73. The predicted octanol–water partition coefficient (Wildman–Crippen LogP) is 3.48. The maximum atomic E-state index is 12.9. The van der Waals surface area contributed by atoms with Gasteiger partial charge in [0.15, 0.2) is 23.4 Å². The van der Waals surface area contributed by atoms with Crippen molar-refractivity contribution in [3.63, 3.8) is 0 Å². The number of carbonyl (C=O) groups is 1. The number of likely N-dealkylation sites (tertiary alicyclic amines) is 1. The van der Waals surface area contributed by atoms with Crippen LogP contribution in [-0.4, -0.2) is 47.9 Å². The highest BCUT2D eigenvalue weighted by Crippen LogP contribution is 2.63. The Kier molecular flexibility index (Phi) is 3.72. The summed E-state index contributed by atoms with van der Waals surface area (Å²) in [4.78, 5) is 15.7. The Bertz CT molecular complexity index is 807. The van der Waals surface area contributed by atoms with Crippen LogP contribution >= 0.6 is 15.9 Å². The minimum atomic E-state index is -0.287. The average molecular weight is 432 g/mol. The first kappa shape index (κ1) is 16.8. The quantitative estimate of drug-likeness (QED) is 0.668. The van der Waals surface area contributed by atoms with Gasteiger partial charge in [-0.1, -0.05) is 22.0 Å². The Morgan fingerprint density at radius 3 is 3.00 bits per heavy atom. The summed E-state index contributed by atoms with van der Waals surface area (Å²) in [6, 6.07) is 4.89. The lowest BCUT2D eigenvalue weighted by atomic mass is 9.51. The van der Waals surface area contributed by atoms with Crippen molar-refractivity contribution in [1.82, 2.24) is 4.90 Å². The van der Waals surface area contributed by atoms with Crippen molar-refractivity contribution >= 4 is 21.7 Å². The van der Waals surface area contributed by atoms with Gasteiger partial charge >= 0.3 is 0 Å². The van der Waals surface area contributed by atoms with E-state index in [4.69, 9.17) is 9.47 Å². The van der Waals surface area contributed by atoms with E-state index in [-0.39, 0.29) is 11.5 Å². The van der Waals surface area contributed by atoms with Crippen molar-refractivity contribution < 1.29 is 14.3 Å². The lowest BCUT2D eigenvalue weighted by molar-refractivity contribution is -0.138. The van der Waals surface area contributed by atoms with Crippen LogP contribution in [0.2, 0.25) is 0 Å². The van der Waals surface area contributed by atoms with Crippen LogP contribution in [0, 0.1) is 11.8 Å². The van der Waals surface area contributed by atoms with E-state index >= 15 is 0 Å². The fourth-order valence-electron chi connectivity index (χ4n) is 6.52. The molecule has 5 aliphatic rings. The van der Waals surface area contributed by atoms with Gasteiger partial charge in [0.05, 0.1) is 6.61 Å². The molecule has 1 aromatic carbocycles. The number of ketones is 1. The normalized spacial score (nSPS) is 36.3. The molecule has 6 rings (SSSR count). The third-order valence-corrected chi connectivity index (χ3v) is 8.06. The number of piperidine rings is 1. The van der Waals surface area contributed by atoms with E-state index in [2.05, 4.69) is 33.0 Å². The third kappa shape index (κ3) is 2.27. The fraction of sp³-hybridized carbons (Fsp3) is 0.682. The molecular formula is C22H26BrNO3. The van der Waals surface area contributed by atoms with Crippen LogP contribution in [0.15, 0.2) is 12.1 Å². The van der Waals surface area contributed by atoms with E-state index < -0.39 is 0 Å². The molecule has 4 nitrogen and oxygen atoms in total. The summed E-state index contributed by atoms with van der Waals surface area (Å²) in [6.45, 7) is 2.98. The second-order valence-electron chi connectivity index (χ2n) is 9.07. The van der Waals surface area contributed by atoms with Crippen LogP contribution in [0.5, 0.6) is 11.5 Å². The van der Waals surface area contributed by atoms with Crippen molar-refractivity contribution in [3.8, 4) is 11.5 Å². The highest BCUT2D eigenvalue weighted by atomic mass is 79.9. The molecule has 144 valence electrons. The van der Waals surface area contributed by atoms with E-state index in [0.29, 0.717) is 30.8 Å². The molecule has 1 unspecified atom stereocenters. The second kappa shape index (κ2) is 5.96. The van der Waals surface area contributed by atoms with Crippen molar-refractivity contribution in [2.45, 2.75) is 56.1 Å². The molecule has 1 saturated heterocycles. The van der Waals surface area contributed by atoms with E-state index in [1.165, 1.54) is 30.5 Å². The highest BCUT2D eigenvalue weighted by molar-refractivity contribution is 9.09. The Morgan fingerprint density at radius 1 is 1.30 bits per heavy atom. The lowest BCUT2D eigenvalue weighted by Crippen LogP contribution is -2.66. The number of benzene rings is 1. The number of halogens is 1. The maximum Gasteiger partial charge on any atom is 0.174 e. The summed E-state index contributed by atoms with van der Waals surface area (Å²) in [5, 5.41) is 0.790. The molecule has 1 spiro atoms. The summed E-state index contributed by atoms with van der Waals surface area (Å²) in [6.07, 6.45) is 6.37. The van der Waals surface area contributed by atoms with Gasteiger partial charge in [-0.05, 0) is 62.1 Å². The lowest BCUT2D eigenvalue weighted by Gasteiger charge is -2.57. The van der Waals surface area contributed by atoms with Crippen molar-refractivity contribution in [2.24, 2.45) is 11.8 Å². The Balaban J connectivity index is 1.47. The SMILES string of the molecule is O=C1CCC2[C@H]3Cc4ccc(OCCBr)c5c4[C@@]2(CCN3CC2CC2)[C@H]1O5. The number of rotatable bonds is 5. The number of hydrogen-bond acceptors (Lipinski definition) is 4. The van der Waals surface area contributed by atoms with Gasteiger partial charge in [0.2, 0.25) is 0 Å². The van der Waals surface area contributed by atoms with Gasteiger partial charge in [0, 0.05) is 35.3 Å². The molecule has 0 aromatic heterocycles. The molecule has 3 fully saturated rings. The van der Waals surface area contributed by atoms with Gasteiger partial charge < -0.3 is 9.47 Å². The Morgan fingerprint density at radius 2 is 2.19 bits per heavy atom. The van der Waals surface area contributed by atoms with Gasteiger partial charge in [0.25, 0.3) is 0 Å². The molecule has 3 aliphatic carbocycles. The summed E-state index contributed by atoms with van der Waals surface area (Å²) in [5.74, 6) is 3.47. The number of Topliss-reactive ketones (excluding diaryl/α,β-unsaturated/α-hetero) is 1. The van der Waals surface area contributed by atoms with E-state index in [9.17, 15) is 4.79 Å². The molecule has 1 aromatic rings. The van der Waals surface area contributed by atoms with Gasteiger partial charge in [-0.25, -0.2) is 0 Å². The van der Waals surface area contributed by atoms with Gasteiger partial charge in [-0.2, -0.15) is 0 Å². The summed E-state index contributed by atoms with van der Waals surface area (Å²) in [7, 11) is 0. The molecule has 0 radical (unpaired) electrons. The van der Waals surface area contributed by atoms with Crippen molar-refractivity contribution in [1.29, 1.82) is 0 Å².